The molecule has 2 aromatic carbocycles. The van der Waals surface area contributed by atoms with Crippen LogP contribution in [0.4, 0.5) is 5.69 Å². The van der Waals surface area contributed by atoms with Gasteiger partial charge in [-0.3, -0.25) is 0 Å². The van der Waals surface area contributed by atoms with Gasteiger partial charge in [-0.15, -0.1) is 0 Å². The molecule has 0 aromatic heterocycles. The number of carboxylic acids is 1. The van der Waals surface area contributed by atoms with Crippen LogP contribution < -0.4 is 14.8 Å². The lowest BCUT2D eigenvalue weighted by Gasteiger charge is -2.19. The van der Waals surface area contributed by atoms with E-state index in [-0.39, 0.29) is 12.0 Å². The Kier molecular flexibility index (Phi) is 6.88. The average Bonchev–Trinajstić information content (AvgIpc) is 2.81. The van der Waals surface area contributed by atoms with Gasteiger partial charge in [0.15, 0.2) is 0 Å². The molecule has 1 aliphatic carbocycles. The summed E-state index contributed by atoms with van der Waals surface area (Å²) in [5.41, 5.74) is 5.43. The van der Waals surface area contributed by atoms with E-state index in [2.05, 4.69) is 0 Å². The third-order valence-corrected chi connectivity index (χ3v) is 7.07. The molecule has 1 heterocycles. The van der Waals surface area contributed by atoms with Crippen molar-refractivity contribution in [3.05, 3.63) is 71.1 Å². The van der Waals surface area contributed by atoms with Gasteiger partial charge in [0.25, 0.3) is 0 Å². The van der Waals surface area contributed by atoms with Crippen molar-refractivity contribution in [2.24, 2.45) is 0 Å². The third-order valence-electron chi connectivity index (χ3n) is 6.28. The fourth-order valence-electron chi connectivity index (χ4n) is 4.36. The number of benzene rings is 3. The Hall–Kier alpha value is -3.69. The fourth-order valence-corrected chi connectivity index (χ4v) is 4.84. The second-order valence-electron chi connectivity index (χ2n) is 9.10. The molecule has 188 valence electrons. The van der Waals surface area contributed by atoms with Crippen molar-refractivity contribution in [2.75, 3.05) is 38.3 Å². The standard InChI is InChI=1S/C27H28N2O6S/c1-17-14-18(27(30)31)6-9-21(17)26-22-10-7-19(28(2)3)15-24(22)35-25-16-20(8-11-23(25)26)29(4)12-5-13-36(32,33)34/h6-11,14-16H,5,12-13H2,1-4H3,(H-,30,31,32,33,34). The second kappa shape index (κ2) is 9.75. The molecule has 4 rings (SSSR count). The van der Waals surface area contributed by atoms with Crippen LogP contribution in [-0.2, 0) is 10.1 Å². The highest BCUT2D eigenvalue weighted by Crippen LogP contribution is 2.41. The van der Waals surface area contributed by atoms with Gasteiger partial charge in [0, 0.05) is 60.6 Å². The van der Waals surface area contributed by atoms with E-state index in [1.165, 1.54) is 0 Å². The molecule has 0 spiro atoms. The predicted octanol–water partition coefficient (Wildman–Crippen LogP) is 3.61. The molecule has 9 heteroatoms. The highest BCUT2D eigenvalue weighted by Gasteiger charge is 2.20. The summed E-state index contributed by atoms with van der Waals surface area (Å²) in [5, 5.41) is 11.1. The number of rotatable bonds is 7. The van der Waals surface area contributed by atoms with E-state index in [0.29, 0.717) is 17.9 Å². The molecule has 0 bridgehead atoms. The SMILES string of the molecule is Cc1cc(C(=O)O)ccc1-c1c2cc/c(=[N+](/C)CCCS(=O)(=O)[O-])cc-2oc2cc(N(C)C)ccc12. The molecule has 36 heavy (non-hydrogen) atoms. The normalized spacial score (nSPS) is 12.7. The number of hydrogen-bond acceptors (Lipinski definition) is 6. The van der Waals surface area contributed by atoms with Crippen LogP contribution in [0.3, 0.4) is 0 Å². The maximum atomic E-state index is 11.5. The van der Waals surface area contributed by atoms with Gasteiger partial charge in [-0.1, -0.05) is 6.07 Å². The summed E-state index contributed by atoms with van der Waals surface area (Å²) in [6.07, 6.45) is 0.224. The van der Waals surface area contributed by atoms with Gasteiger partial charge >= 0.3 is 5.97 Å². The number of aromatic carboxylic acids is 1. The predicted molar refractivity (Wildman–Crippen MR) is 140 cm³/mol. The van der Waals surface area contributed by atoms with E-state index < -0.39 is 21.8 Å². The molecule has 1 aliphatic heterocycles. The molecule has 0 fully saturated rings. The number of anilines is 1. The summed E-state index contributed by atoms with van der Waals surface area (Å²) in [5.74, 6) is -0.755. The quantitative estimate of drug-likeness (QED) is 0.230. The van der Waals surface area contributed by atoms with Gasteiger partial charge in [0.2, 0.25) is 5.36 Å². The van der Waals surface area contributed by atoms with E-state index in [4.69, 9.17) is 4.42 Å². The first-order valence-electron chi connectivity index (χ1n) is 11.4. The Balaban J connectivity index is 1.96. The van der Waals surface area contributed by atoms with E-state index in [1.807, 2.05) is 80.0 Å². The summed E-state index contributed by atoms with van der Waals surface area (Å²) in [7, 11) is 1.48. The van der Waals surface area contributed by atoms with Crippen molar-refractivity contribution in [3.8, 4) is 22.5 Å². The number of nitrogens with zero attached hydrogens (tertiary/aromatic N) is 2. The summed E-state index contributed by atoms with van der Waals surface area (Å²) in [6.45, 7) is 2.29. The monoisotopic (exact) mass is 508 g/mol. The topological polar surface area (TPSA) is 114 Å². The molecule has 0 saturated heterocycles. The fraction of sp³-hybridized carbons (Fsp3) is 0.259. The molecule has 1 N–H and O–H groups in total. The van der Waals surface area contributed by atoms with Crippen LogP contribution >= 0.6 is 0 Å². The second-order valence-corrected chi connectivity index (χ2v) is 10.6. The van der Waals surface area contributed by atoms with Crippen molar-refractivity contribution >= 4 is 32.7 Å². The van der Waals surface area contributed by atoms with Gasteiger partial charge < -0.3 is 19.0 Å². The van der Waals surface area contributed by atoms with Crippen LogP contribution in [0.5, 0.6) is 0 Å². The molecule has 0 saturated carbocycles. The molecule has 8 nitrogen and oxygen atoms in total. The highest BCUT2D eigenvalue weighted by molar-refractivity contribution is 7.85. The Morgan fingerprint density at radius 2 is 1.78 bits per heavy atom. The number of hydrogen-bond donors (Lipinski definition) is 1. The minimum Gasteiger partial charge on any atom is -0.748 e. The lowest BCUT2D eigenvalue weighted by Crippen LogP contribution is -2.28. The molecule has 0 unspecified atom stereocenters. The lowest BCUT2D eigenvalue weighted by molar-refractivity contribution is 0.0696. The van der Waals surface area contributed by atoms with Crippen LogP contribution in [0.25, 0.3) is 33.4 Å². The average molecular weight is 509 g/mol. The van der Waals surface area contributed by atoms with Crippen LogP contribution in [0.2, 0.25) is 0 Å². The molecule has 2 aliphatic rings. The Labute approximate surface area is 209 Å². The zero-order valence-electron chi connectivity index (χ0n) is 20.6. The van der Waals surface area contributed by atoms with Crippen molar-refractivity contribution in [3.63, 3.8) is 0 Å². The molecular weight excluding hydrogens is 480 g/mol. The molecule has 0 amide bonds. The van der Waals surface area contributed by atoms with Crippen LogP contribution in [0.15, 0.2) is 59.0 Å². The lowest BCUT2D eigenvalue weighted by atomic mass is 9.90. The summed E-state index contributed by atoms with van der Waals surface area (Å²) < 4.78 is 41.1. The first kappa shape index (κ1) is 25.4. The van der Waals surface area contributed by atoms with Gasteiger partial charge in [-0.25, -0.2) is 17.8 Å². The first-order chi connectivity index (χ1) is 16.9. The maximum absolute atomic E-state index is 11.5. The van der Waals surface area contributed by atoms with Crippen LogP contribution in [0, 0.1) is 6.92 Å². The van der Waals surface area contributed by atoms with E-state index in [0.717, 1.165) is 38.7 Å². The summed E-state index contributed by atoms with van der Waals surface area (Å²) in [6, 6.07) is 16.9. The van der Waals surface area contributed by atoms with E-state index in [9.17, 15) is 22.9 Å². The minimum atomic E-state index is -4.26. The Bertz CT molecular complexity index is 1620. The van der Waals surface area contributed by atoms with Gasteiger partial charge in [0.05, 0.1) is 21.7 Å². The molecule has 2 aromatic rings. The summed E-state index contributed by atoms with van der Waals surface area (Å²) >= 11 is 0. The number of aryl methyl sites for hydroxylation is 1. The smallest absolute Gasteiger partial charge is 0.335 e. The zero-order valence-corrected chi connectivity index (χ0v) is 21.4. The zero-order chi connectivity index (χ0) is 26.2. The Morgan fingerprint density at radius 3 is 2.42 bits per heavy atom. The summed E-state index contributed by atoms with van der Waals surface area (Å²) in [4.78, 5) is 13.5. The Morgan fingerprint density at radius 1 is 1.06 bits per heavy atom. The highest BCUT2D eigenvalue weighted by atomic mass is 32.2. The largest absolute Gasteiger partial charge is 0.748 e. The van der Waals surface area contributed by atoms with Crippen molar-refractivity contribution in [1.29, 1.82) is 0 Å². The molecule has 0 atom stereocenters. The van der Waals surface area contributed by atoms with Gasteiger partial charge in [-0.05, 0) is 48.4 Å². The minimum absolute atomic E-state index is 0.224. The molecular formula is C27H28N2O6S. The first-order valence-corrected chi connectivity index (χ1v) is 13.0. The number of fused-ring (bicyclic) bond motifs is 2. The third kappa shape index (κ3) is 5.27. The van der Waals surface area contributed by atoms with Crippen molar-refractivity contribution < 1.29 is 27.3 Å². The van der Waals surface area contributed by atoms with E-state index in [1.54, 1.807) is 12.1 Å². The van der Waals surface area contributed by atoms with Gasteiger partial charge in [-0.2, -0.15) is 0 Å². The van der Waals surface area contributed by atoms with Crippen LogP contribution in [0.1, 0.15) is 22.3 Å². The van der Waals surface area contributed by atoms with Gasteiger partial charge in [0.1, 0.15) is 24.9 Å². The number of carboxylic acid groups (broad SMARTS) is 1. The maximum Gasteiger partial charge on any atom is 0.335 e. The van der Waals surface area contributed by atoms with Crippen molar-refractivity contribution in [2.45, 2.75) is 13.3 Å². The van der Waals surface area contributed by atoms with Crippen LogP contribution in [-0.4, -0.2) is 57.5 Å². The van der Waals surface area contributed by atoms with E-state index >= 15 is 0 Å². The van der Waals surface area contributed by atoms with Crippen molar-refractivity contribution in [1.82, 2.24) is 4.58 Å². The number of carbonyl (C=O) groups is 1. The molecule has 0 radical (unpaired) electrons.